The van der Waals surface area contributed by atoms with Crippen LogP contribution in [0.15, 0.2) is 42.5 Å². The monoisotopic (exact) mass is 434 g/mol. The van der Waals surface area contributed by atoms with Gasteiger partial charge in [-0.2, -0.15) is 0 Å². The van der Waals surface area contributed by atoms with Crippen molar-refractivity contribution in [2.24, 2.45) is 0 Å². The van der Waals surface area contributed by atoms with E-state index in [9.17, 15) is 15.0 Å². The average molecular weight is 435 g/mol. The van der Waals surface area contributed by atoms with Gasteiger partial charge in [-0.1, -0.05) is 29.8 Å². The molecule has 0 aromatic heterocycles. The number of anilines is 1. The van der Waals surface area contributed by atoms with Gasteiger partial charge in [-0.15, -0.1) is 0 Å². The zero-order chi connectivity index (χ0) is 22.3. The van der Waals surface area contributed by atoms with Crippen LogP contribution in [0.25, 0.3) is 0 Å². The van der Waals surface area contributed by atoms with Gasteiger partial charge in [-0.25, -0.2) is 4.79 Å². The number of aliphatic hydroxyl groups excluding tert-OH is 1. The van der Waals surface area contributed by atoms with E-state index in [4.69, 9.17) is 16.3 Å². The molecule has 0 heterocycles. The molecule has 30 heavy (non-hydrogen) atoms. The van der Waals surface area contributed by atoms with Crippen LogP contribution in [0.2, 0.25) is 5.02 Å². The molecule has 4 N–H and O–H groups in total. The van der Waals surface area contributed by atoms with Gasteiger partial charge >= 0.3 is 5.97 Å². The maximum absolute atomic E-state index is 12.0. The number of rotatable bonds is 10. The number of hydrogen-bond acceptors (Lipinski definition) is 6. The number of aromatic hydroxyl groups is 1. The SMILES string of the molecule is CCOC(=O)C(C)(C)Nc1ccc(CCN[C@@H](C)[C@@H](O)c2ccc(O)cc2)c(Cl)c1. The van der Waals surface area contributed by atoms with Gasteiger partial charge in [0.2, 0.25) is 0 Å². The lowest BCUT2D eigenvalue weighted by Crippen LogP contribution is -2.41. The lowest BCUT2D eigenvalue weighted by molar-refractivity contribution is -0.147. The van der Waals surface area contributed by atoms with Crippen LogP contribution in [0, 0.1) is 0 Å². The number of aliphatic hydroxyl groups is 1. The number of carbonyl (C=O) groups is 1. The van der Waals surface area contributed by atoms with Gasteiger partial charge in [0.25, 0.3) is 0 Å². The van der Waals surface area contributed by atoms with Crippen molar-refractivity contribution in [1.82, 2.24) is 5.32 Å². The normalized spacial score (nSPS) is 13.5. The molecule has 0 saturated heterocycles. The van der Waals surface area contributed by atoms with Crippen LogP contribution in [0.5, 0.6) is 5.75 Å². The maximum atomic E-state index is 12.0. The molecular weight excluding hydrogens is 404 g/mol. The van der Waals surface area contributed by atoms with E-state index in [0.717, 1.165) is 16.8 Å². The molecule has 0 fully saturated rings. The number of phenols is 1. The number of benzene rings is 2. The predicted octanol–water partition coefficient (Wildman–Crippen LogP) is 4.05. The average Bonchev–Trinajstić information content (AvgIpc) is 2.69. The van der Waals surface area contributed by atoms with E-state index in [-0.39, 0.29) is 17.8 Å². The first-order chi connectivity index (χ1) is 14.1. The molecule has 2 aromatic carbocycles. The lowest BCUT2D eigenvalue weighted by Gasteiger charge is -2.25. The maximum Gasteiger partial charge on any atom is 0.331 e. The number of halogens is 1. The third-order valence-corrected chi connectivity index (χ3v) is 5.22. The van der Waals surface area contributed by atoms with Crippen LogP contribution in [0.4, 0.5) is 5.69 Å². The second kappa shape index (κ2) is 10.7. The van der Waals surface area contributed by atoms with Gasteiger partial charge in [-0.05, 0) is 76.1 Å². The van der Waals surface area contributed by atoms with Crippen LogP contribution in [-0.4, -0.2) is 40.9 Å². The van der Waals surface area contributed by atoms with Gasteiger partial charge in [-0.3, -0.25) is 0 Å². The summed E-state index contributed by atoms with van der Waals surface area (Å²) >= 11 is 6.43. The molecule has 7 heteroatoms. The summed E-state index contributed by atoms with van der Waals surface area (Å²) in [6, 6.07) is 12.0. The highest BCUT2D eigenvalue weighted by atomic mass is 35.5. The topological polar surface area (TPSA) is 90.8 Å². The molecule has 0 saturated carbocycles. The summed E-state index contributed by atoms with van der Waals surface area (Å²) in [5.41, 5.74) is 1.59. The Hall–Kier alpha value is -2.28. The van der Waals surface area contributed by atoms with Crippen molar-refractivity contribution in [2.75, 3.05) is 18.5 Å². The Morgan fingerprint density at radius 2 is 1.87 bits per heavy atom. The van der Waals surface area contributed by atoms with Crippen molar-refractivity contribution < 1.29 is 19.7 Å². The summed E-state index contributed by atoms with van der Waals surface area (Å²) in [5, 5.41) is 26.9. The number of phenolic OH excluding ortho intramolecular Hbond substituents is 1. The van der Waals surface area contributed by atoms with Crippen molar-refractivity contribution in [1.29, 1.82) is 0 Å². The highest BCUT2D eigenvalue weighted by Gasteiger charge is 2.29. The summed E-state index contributed by atoms with van der Waals surface area (Å²) in [6.45, 7) is 8.17. The smallest absolute Gasteiger partial charge is 0.331 e. The summed E-state index contributed by atoms with van der Waals surface area (Å²) in [6.07, 6.45) is 0.00489. The Morgan fingerprint density at radius 1 is 1.20 bits per heavy atom. The number of carbonyl (C=O) groups excluding carboxylic acids is 1. The highest BCUT2D eigenvalue weighted by Crippen LogP contribution is 2.25. The number of esters is 1. The van der Waals surface area contributed by atoms with Gasteiger partial charge in [0.15, 0.2) is 0 Å². The van der Waals surface area contributed by atoms with Crippen molar-refractivity contribution in [2.45, 2.75) is 51.8 Å². The third-order valence-electron chi connectivity index (χ3n) is 4.86. The van der Waals surface area contributed by atoms with Gasteiger partial charge in [0.05, 0.1) is 12.7 Å². The van der Waals surface area contributed by atoms with Crippen molar-refractivity contribution >= 4 is 23.3 Å². The molecule has 0 unspecified atom stereocenters. The van der Waals surface area contributed by atoms with E-state index in [2.05, 4.69) is 10.6 Å². The van der Waals surface area contributed by atoms with Crippen LogP contribution in [-0.2, 0) is 16.0 Å². The van der Waals surface area contributed by atoms with Crippen molar-refractivity contribution in [3.8, 4) is 5.75 Å². The molecule has 0 spiro atoms. The molecule has 0 amide bonds. The molecule has 0 aliphatic heterocycles. The summed E-state index contributed by atoms with van der Waals surface area (Å²) in [4.78, 5) is 12.0. The first-order valence-electron chi connectivity index (χ1n) is 10.1. The Morgan fingerprint density at radius 3 is 2.47 bits per heavy atom. The number of ether oxygens (including phenoxy) is 1. The fraction of sp³-hybridized carbons (Fsp3) is 0.435. The Balaban J connectivity index is 1.90. The lowest BCUT2D eigenvalue weighted by atomic mass is 10.0. The molecule has 6 nitrogen and oxygen atoms in total. The minimum absolute atomic E-state index is 0.167. The first-order valence-corrected chi connectivity index (χ1v) is 10.5. The van der Waals surface area contributed by atoms with Gasteiger partial charge < -0.3 is 25.6 Å². The van der Waals surface area contributed by atoms with Crippen LogP contribution >= 0.6 is 11.6 Å². The van der Waals surface area contributed by atoms with E-state index in [1.165, 1.54) is 0 Å². The Bertz CT molecular complexity index is 840. The molecule has 0 radical (unpaired) electrons. The summed E-state index contributed by atoms with van der Waals surface area (Å²) in [7, 11) is 0. The molecule has 2 aromatic rings. The fourth-order valence-electron chi connectivity index (χ4n) is 3.06. The minimum Gasteiger partial charge on any atom is -0.508 e. The first kappa shape index (κ1) is 24.0. The fourth-order valence-corrected chi connectivity index (χ4v) is 3.33. The third kappa shape index (κ3) is 6.62. The minimum atomic E-state index is -0.859. The molecule has 0 aliphatic carbocycles. The van der Waals surface area contributed by atoms with Crippen LogP contribution < -0.4 is 10.6 Å². The van der Waals surface area contributed by atoms with E-state index in [0.29, 0.717) is 24.6 Å². The summed E-state index contributed by atoms with van der Waals surface area (Å²) < 4.78 is 5.09. The second-order valence-corrected chi connectivity index (χ2v) is 8.21. The molecule has 2 rings (SSSR count). The molecule has 0 bridgehead atoms. The molecule has 164 valence electrons. The second-order valence-electron chi connectivity index (χ2n) is 7.81. The van der Waals surface area contributed by atoms with Crippen LogP contribution in [0.3, 0.4) is 0 Å². The van der Waals surface area contributed by atoms with Gasteiger partial charge in [0, 0.05) is 16.8 Å². The van der Waals surface area contributed by atoms with E-state index in [1.54, 1.807) is 51.1 Å². The zero-order valence-electron chi connectivity index (χ0n) is 17.9. The quantitative estimate of drug-likeness (QED) is 0.422. The number of hydrogen-bond donors (Lipinski definition) is 4. The largest absolute Gasteiger partial charge is 0.508 e. The Kier molecular flexibility index (Phi) is 8.53. The number of nitrogens with one attached hydrogen (secondary N) is 2. The van der Waals surface area contributed by atoms with E-state index < -0.39 is 11.6 Å². The zero-order valence-corrected chi connectivity index (χ0v) is 18.7. The Labute approximate surface area is 183 Å². The van der Waals surface area contributed by atoms with Gasteiger partial charge in [0.1, 0.15) is 11.3 Å². The van der Waals surface area contributed by atoms with E-state index in [1.807, 2.05) is 19.1 Å². The molecule has 2 atom stereocenters. The van der Waals surface area contributed by atoms with Crippen LogP contribution in [0.1, 0.15) is 44.9 Å². The highest BCUT2D eigenvalue weighted by molar-refractivity contribution is 6.31. The van der Waals surface area contributed by atoms with E-state index >= 15 is 0 Å². The standard InChI is InChI=1S/C23H31ClN2O4/c1-5-30-22(29)23(3,4)26-18-9-6-16(20(24)14-18)12-13-25-15(2)21(28)17-7-10-19(27)11-8-17/h6-11,14-15,21,25-28H,5,12-13H2,1-4H3/t15-,21+/m0/s1. The van der Waals surface area contributed by atoms with Crippen molar-refractivity contribution in [3.05, 3.63) is 58.6 Å². The molecule has 0 aliphatic rings. The van der Waals surface area contributed by atoms with Crippen molar-refractivity contribution in [3.63, 3.8) is 0 Å². The predicted molar refractivity (Wildman–Crippen MR) is 120 cm³/mol. The summed E-state index contributed by atoms with van der Waals surface area (Å²) in [5.74, 6) is -0.152. The molecular formula is C23H31ClN2O4.